The highest BCUT2D eigenvalue weighted by molar-refractivity contribution is 5.84. The number of nitrogens with zero attached hydrogens (tertiary/aromatic N) is 1. The molecule has 112 valence electrons. The molecule has 0 saturated heterocycles. The van der Waals surface area contributed by atoms with Crippen molar-refractivity contribution in [3.8, 4) is 0 Å². The molecule has 0 aromatic heterocycles. The van der Waals surface area contributed by atoms with E-state index in [1.165, 1.54) is 13.8 Å². The van der Waals surface area contributed by atoms with Gasteiger partial charge in [0.1, 0.15) is 6.54 Å². The van der Waals surface area contributed by atoms with Gasteiger partial charge < -0.3 is 10.0 Å². The van der Waals surface area contributed by atoms with E-state index in [0.29, 0.717) is 17.7 Å². The second-order valence-corrected chi connectivity index (χ2v) is 5.15. The summed E-state index contributed by atoms with van der Waals surface area (Å²) in [6.45, 7) is 3.10. The normalized spacial score (nSPS) is 12.3. The summed E-state index contributed by atoms with van der Waals surface area (Å²) < 4.78 is 37.1. The first-order valence-corrected chi connectivity index (χ1v) is 6.07. The third-order valence-corrected chi connectivity index (χ3v) is 2.68. The summed E-state index contributed by atoms with van der Waals surface area (Å²) in [6, 6.07) is 0. The summed E-state index contributed by atoms with van der Waals surface area (Å²) in [5, 5.41) is 8.89. The number of carboxylic acid groups (broad SMARTS) is 1. The molecule has 0 aliphatic carbocycles. The van der Waals surface area contributed by atoms with Gasteiger partial charge >= 0.3 is 12.1 Å². The van der Waals surface area contributed by atoms with Gasteiger partial charge in [0.2, 0.25) is 5.91 Å². The molecule has 1 amide bonds. The van der Waals surface area contributed by atoms with Crippen LogP contribution in [0.5, 0.6) is 0 Å². The minimum atomic E-state index is -4.48. The summed E-state index contributed by atoms with van der Waals surface area (Å²) in [5.74, 6) is -1.98. The largest absolute Gasteiger partial charge is 0.481 e. The number of rotatable bonds is 7. The predicted molar refractivity (Wildman–Crippen MR) is 63.6 cm³/mol. The van der Waals surface area contributed by atoms with Crippen molar-refractivity contribution in [1.82, 2.24) is 4.90 Å². The van der Waals surface area contributed by atoms with Crippen molar-refractivity contribution < 1.29 is 27.9 Å². The Kier molecular flexibility index (Phi) is 6.32. The van der Waals surface area contributed by atoms with Crippen molar-refractivity contribution in [2.45, 2.75) is 46.2 Å². The predicted octanol–water partition coefficient (Wildman–Crippen LogP) is 2.68. The molecule has 0 bridgehead atoms. The van der Waals surface area contributed by atoms with Crippen LogP contribution in [-0.4, -0.2) is 41.1 Å². The minimum absolute atomic E-state index is 0.00938. The standard InChI is InChI=1S/C12H20F3NO3/c1-4-5-6-16(8-12(13,14)15)9(17)7-11(2,3)10(18)19/h4-8H2,1-3H3,(H,18,19). The fourth-order valence-corrected chi connectivity index (χ4v) is 1.42. The fraction of sp³-hybridized carbons (Fsp3) is 0.833. The quantitative estimate of drug-likeness (QED) is 0.781. The molecule has 0 spiro atoms. The molecule has 0 aliphatic rings. The Morgan fingerprint density at radius 1 is 1.21 bits per heavy atom. The van der Waals surface area contributed by atoms with Crippen LogP contribution in [0.25, 0.3) is 0 Å². The van der Waals surface area contributed by atoms with E-state index in [0.717, 1.165) is 0 Å². The summed E-state index contributed by atoms with van der Waals surface area (Å²) in [7, 11) is 0. The average molecular weight is 283 g/mol. The van der Waals surface area contributed by atoms with Crippen LogP contribution in [0.15, 0.2) is 0 Å². The molecule has 0 fully saturated rings. The molecule has 4 nitrogen and oxygen atoms in total. The smallest absolute Gasteiger partial charge is 0.406 e. The van der Waals surface area contributed by atoms with Gasteiger partial charge in [0.25, 0.3) is 0 Å². The monoisotopic (exact) mass is 283 g/mol. The maximum absolute atomic E-state index is 12.4. The molecule has 0 heterocycles. The summed E-state index contributed by atoms with van der Waals surface area (Å²) in [6.07, 6.45) is -3.81. The maximum atomic E-state index is 12.4. The number of carbonyl (C=O) groups is 2. The molecule has 0 aromatic carbocycles. The van der Waals surface area contributed by atoms with Crippen molar-refractivity contribution in [2.75, 3.05) is 13.1 Å². The lowest BCUT2D eigenvalue weighted by molar-refractivity contribution is -0.164. The number of hydrogen-bond donors (Lipinski definition) is 1. The van der Waals surface area contributed by atoms with E-state index in [-0.39, 0.29) is 6.54 Å². The fourth-order valence-electron chi connectivity index (χ4n) is 1.42. The molecular weight excluding hydrogens is 263 g/mol. The summed E-state index contributed by atoms with van der Waals surface area (Å²) in [5.41, 5.74) is -1.37. The van der Waals surface area contributed by atoms with Gasteiger partial charge in [-0.25, -0.2) is 0 Å². The molecular formula is C12H20F3NO3. The number of hydrogen-bond acceptors (Lipinski definition) is 2. The van der Waals surface area contributed by atoms with Gasteiger partial charge in [-0.1, -0.05) is 13.3 Å². The number of carbonyl (C=O) groups excluding carboxylic acids is 1. The Hall–Kier alpha value is -1.27. The zero-order chi connectivity index (χ0) is 15.3. The Bertz CT molecular complexity index is 327. The van der Waals surface area contributed by atoms with Crippen LogP contribution in [0.1, 0.15) is 40.0 Å². The Morgan fingerprint density at radius 2 is 1.74 bits per heavy atom. The first-order chi connectivity index (χ1) is 8.49. The highest BCUT2D eigenvalue weighted by atomic mass is 19.4. The molecule has 0 unspecified atom stereocenters. The van der Waals surface area contributed by atoms with E-state index >= 15 is 0 Å². The van der Waals surface area contributed by atoms with E-state index in [2.05, 4.69) is 0 Å². The molecule has 19 heavy (non-hydrogen) atoms. The topological polar surface area (TPSA) is 57.6 Å². The lowest BCUT2D eigenvalue weighted by atomic mass is 9.89. The van der Waals surface area contributed by atoms with E-state index in [1.54, 1.807) is 6.92 Å². The van der Waals surface area contributed by atoms with E-state index in [1.807, 2.05) is 0 Å². The summed E-state index contributed by atoms with van der Waals surface area (Å²) in [4.78, 5) is 23.4. The maximum Gasteiger partial charge on any atom is 0.406 e. The van der Waals surface area contributed by atoms with Crippen LogP contribution < -0.4 is 0 Å². The third kappa shape index (κ3) is 7.03. The average Bonchev–Trinajstić information content (AvgIpc) is 2.21. The lowest BCUT2D eigenvalue weighted by Gasteiger charge is -2.27. The second-order valence-electron chi connectivity index (χ2n) is 5.15. The van der Waals surface area contributed by atoms with Crippen molar-refractivity contribution >= 4 is 11.9 Å². The van der Waals surface area contributed by atoms with Gasteiger partial charge in [0.15, 0.2) is 0 Å². The van der Waals surface area contributed by atoms with E-state index < -0.39 is 36.4 Å². The SMILES string of the molecule is CCCCN(CC(F)(F)F)C(=O)CC(C)(C)C(=O)O. The van der Waals surface area contributed by atoms with Gasteiger partial charge in [-0.05, 0) is 20.3 Å². The van der Waals surface area contributed by atoms with Gasteiger partial charge in [-0.15, -0.1) is 0 Å². The van der Waals surface area contributed by atoms with Crippen molar-refractivity contribution in [1.29, 1.82) is 0 Å². The van der Waals surface area contributed by atoms with Crippen LogP contribution in [0.2, 0.25) is 0 Å². The molecule has 0 saturated carbocycles. The Morgan fingerprint density at radius 3 is 2.11 bits per heavy atom. The molecule has 7 heteroatoms. The number of unbranched alkanes of at least 4 members (excludes halogenated alkanes) is 1. The first kappa shape index (κ1) is 17.7. The summed E-state index contributed by atoms with van der Waals surface area (Å²) >= 11 is 0. The molecule has 1 N–H and O–H groups in total. The van der Waals surface area contributed by atoms with Crippen LogP contribution >= 0.6 is 0 Å². The van der Waals surface area contributed by atoms with Crippen molar-refractivity contribution in [3.05, 3.63) is 0 Å². The van der Waals surface area contributed by atoms with Crippen LogP contribution in [0.4, 0.5) is 13.2 Å². The molecule has 0 rings (SSSR count). The minimum Gasteiger partial charge on any atom is -0.481 e. The number of alkyl halides is 3. The van der Waals surface area contributed by atoms with Crippen LogP contribution in [0.3, 0.4) is 0 Å². The van der Waals surface area contributed by atoms with E-state index in [9.17, 15) is 22.8 Å². The van der Waals surface area contributed by atoms with Crippen molar-refractivity contribution in [3.63, 3.8) is 0 Å². The van der Waals surface area contributed by atoms with Crippen LogP contribution in [-0.2, 0) is 9.59 Å². The number of carboxylic acids is 1. The Balaban J connectivity index is 4.76. The number of aliphatic carboxylic acids is 1. The third-order valence-electron chi connectivity index (χ3n) is 2.68. The first-order valence-electron chi connectivity index (χ1n) is 6.07. The van der Waals surface area contributed by atoms with Crippen LogP contribution in [0, 0.1) is 5.41 Å². The van der Waals surface area contributed by atoms with Gasteiger partial charge in [0, 0.05) is 13.0 Å². The molecule has 0 radical (unpaired) electrons. The zero-order valence-corrected chi connectivity index (χ0v) is 11.4. The molecule has 0 aliphatic heterocycles. The second kappa shape index (κ2) is 6.77. The molecule has 0 aromatic rings. The van der Waals surface area contributed by atoms with Gasteiger partial charge in [0.05, 0.1) is 5.41 Å². The Labute approximate surface area is 110 Å². The van der Waals surface area contributed by atoms with E-state index in [4.69, 9.17) is 5.11 Å². The highest BCUT2D eigenvalue weighted by Gasteiger charge is 2.36. The molecule has 0 atom stereocenters. The number of amides is 1. The van der Waals surface area contributed by atoms with Gasteiger partial charge in [-0.2, -0.15) is 13.2 Å². The van der Waals surface area contributed by atoms with Gasteiger partial charge in [-0.3, -0.25) is 9.59 Å². The van der Waals surface area contributed by atoms with Crippen molar-refractivity contribution in [2.24, 2.45) is 5.41 Å². The lowest BCUT2D eigenvalue weighted by Crippen LogP contribution is -2.42. The number of halogens is 3. The highest BCUT2D eigenvalue weighted by Crippen LogP contribution is 2.24. The zero-order valence-electron chi connectivity index (χ0n) is 11.4.